The first-order chi connectivity index (χ1) is 13.5. The molecule has 2 heterocycles. The highest BCUT2D eigenvalue weighted by Gasteiger charge is 2.31. The molecule has 1 fully saturated rings. The lowest BCUT2D eigenvalue weighted by Crippen LogP contribution is -2.26. The number of nitrogens with one attached hydrogen (secondary N) is 2. The number of nitrogens with zero attached hydrogens (tertiary/aromatic N) is 1. The average Bonchev–Trinajstić information content (AvgIpc) is 3.17. The molecule has 2 aromatic heterocycles. The predicted molar refractivity (Wildman–Crippen MR) is 109 cm³/mol. The Bertz CT molecular complexity index is 1070. The number of para-hydroxylation sites is 1. The van der Waals surface area contributed by atoms with Gasteiger partial charge in [-0.15, -0.1) is 22.7 Å². The number of aromatic nitrogens is 1. The zero-order valence-electron chi connectivity index (χ0n) is 14.6. The highest BCUT2D eigenvalue weighted by Crippen LogP contribution is 2.27. The van der Waals surface area contributed by atoms with Crippen molar-refractivity contribution in [2.24, 2.45) is 0 Å². The number of carbonyl (C=O) groups excluding carboxylic acids is 1. The summed E-state index contributed by atoms with van der Waals surface area (Å²) in [5, 5.41) is 7.22. The topological polar surface area (TPSA) is 97.4 Å². The molecule has 1 saturated carbocycles. The molecular weight excluding hydrogens is 418 g/mol. The second kappa shape index (κ2) is 8.00. The Balaban J connectivity index is 1.38. The number of esters is 1. The summed E-state index contributed by atoms with van der Waals surface area (Å²) in [6.07, 6.45) is 1.65. The van der Waals surface area contributed by atoms with Crippen molar-refractivity contribution in [3.63, 3.8) is 0 Å². The van der Waals surface area contributed by atoms with E-state index >= 15 is 0 Å². The maximum absolute atomic E-state index is 12.4. The number of sulfonamides is 1. The molecule has 2 N–H and O–H groups in total. The molecule has 0 radical (unpaired) electrons. The molecule has 0 amide bonds. The first kappa shape index (κ1) is 19.1. The number of ether oxygens (including phenoxy) is 1. The lowest BCUT2D eigenvalue weighted by atomic mass is 10.3. The molecule has 1 aromatic carbocycles. The van der Waals surface area contributed by atoms with Crippen molar-refractivity contribution in [2.75, 3.05) is 5.32 Å². The lowest BCUT2D eigenvalue weighted by Gasteiger charge is -2.06. The molecule has 7 nitrogen and oxygen atoms in total. The largest absolute Gasteiger partial charge is 0.455 e. The number of benzene rings is 1. The minimum absolute atomic E-state index is 0.0284. The van der Waals surface area contributed by atoms with Crippen molar-refractivity contribution < 1.29 is 17.9 Å². The lowest BCUT2D eigenvalue weighted by molar-refractivity contribution is 0.0470. The van der Waals surface area contributed by atoms with Gasteiger partial charge in [0.15, 0.2) is 5.13 Å². The molecule has 0 unspecified atom stereocenters. The number of thiophene rings is 1. The van der Waals surface area contributed by atoms with Gasteiger partial charge in [-0.25, -0.2) is 22.9 Å². The van der Waals surface area contributed by atoms with Gasteiger partial charge in [-0.3, -0.25) is 0 Å². The molecule has 3 aromatic rings. The van der Waals surface area contributed by atoms with E-state index in [1.165, 1.54) is 17.4 Å². The maximum atomic E-state index is 12.4. The van der Waals surface area contributed by atoms with Crippen LogP contribution >= 0.6 is 22.7 Å². The van der Waals surface area contributed by atoms with Gasteiger partial charge in [0.2, 0.25) is 10.0 Å². The first-order valence-electron chi connectivity index (χ1n) is 8.55. The third-order valence-electron chi connectivity index (χ3n) is 3.93. The number of anilines is 2. The van der Waals surface area contributed by atoms with Gasteiger partial charge in [-0.05, 0) is 36.4 Å². The highest BCUT2D eigenvalue weighted by molar-refractivity contribution is 7.89. The quantitative estimate of drug-likeness (QED) is 0.523. The molecule has 1 aliphatic carbocycles. The van der Waals surface area contributed by atoms with Crippen molar-refractivity contribution >= 4 is 49.5 Å². The number of carbonyl (C=O) groups is 1. The van der Waals surface area contributed by atoms with Crippen LogP contribution in [0.1, 0.15) is 28.2 Å². The van der Waals surface area contributed by atoms with Gasteiger partial charge in [0, 0.05) is 17.1 Å². The number of hydrogen-bond donors (Lipinski definition) is 2. The summed E-state index contributed by atoms with van der Waals surface area (Å²) in [6.45, 7) is -0.0285. The second-order valence-corrected chi connectivity index (χ2v) is 9.68. The number of hydrogen-bond acceptors (Lipinski definition) is 8. The van der Waals surface area contributed by atoms with Gasteiger partial charge < -0.3 is 10.1 Å². The highest BCUT2D eigenvalue weighted by atomic mass is 32.2. The van der Waals surface area contributed by atoms with E-state index in [-0.39, 0.29) is 22.4 Å². The SMILES string of the molecule is O=C(OCc1csc(Nc2ccccc2)n1)c1sccc1S(=O)(=O)NC1CC1. The van der Waals surface area contributed by atoms with Crippen LogP contribution < -0.4 is 10.0 Å². The summed E-state index contributed by atoms with van der Waals surface area (Å²) < 4.78 is 32.6. The van der Waals surface area contributed by atoms with E-state index in [9.17, 15) is 13.2 Å². The fraction of sp³-hybridized carbons (Fsp3) is 0.222. The van der Waals surface area contributed by atoms with Crippen LogP contribution in [0.5, 0.6) is 0 Å². The van der Waals surface area contributed by atoms with Crippen molar-refractivity contribution in [2.45, 2.75) is 30.4 Å². The van der Waals surface area contributed by atoms with E-state index in [4.69, 9.17) is 4.74 Å². The van der Waals surface area contributed by atoms with Crippen molar-refractivity contribution in [1.29, 1.82) is 0 Å². The zero-order chi connectivity index (χ0) is 19.6. The molecular formula is C18H17N3O4S3. The maximum Gasteiger partial charge on any atom is 0.350 e. The van der Waals surface area contributed by atoms with Crippen molar-refractivity contribution in [3.05, 3.63) is 57.7 Å². The van der Waals surface area contributed by atoms with Crippen molar-refractivity contribution in [1.82, 2.24) is 9.71 Å². The Hall–Kier alpha value is -2.27. The van der Waals surface area contributed by atoms with E-state index in [1.54, 1.807) is 10.8 Å². The van der Waals surface area contributed by atoms with E-state index in [0.29, 0.717) is 10.8 Å². The van der Waals surface area contributed by atoms with Crippen LogP contribution in [0, 0.1) is 0 Å². The minimum atomic E-state index is -3.71. The Morgan fingerprint density at radius 1 is 1.18 bits per heavy atom. The van der Waals surface area contributed by atoms with Gasteiger partial charge >= 0.3 is 5.97 Å². The Labute approximate surface area is 170 Å². The standard InChI is InChI=1S/C18H17N3O4S3/c22-17(16-15(8-9-26-16)28(23,24)21-13-6-7-13)25-10-14-11-27-18(20-14)19-12-4-2-1-3-5-12/h1-5,8-9,11,13,21H,6-7,10H2,(H,19,20). The smallest absolute Gasteiger partial charge is 0.350 e. The summed E-state index contributed by atoms with van der Waals surface area (Å²) >= 11 is 2.45. The molecule has 4 rings (SSSR count). The van der Waals surface area contributed by atoms with Crippen LogP contribution in [0.2, 0.25) is 0 Å². The predicted octanol–water partition coefficient (Wildman–Crippen LogP) is 3.75. The van der Waals surface area contributed by atoms with Crippen LogP contribution in [0.3, 0.4) is 0 Å². The molecule has 28 heavy (non-hydrogen) atoms. The van der Waals surface area contributed by atoms with E-state index in [2.05, 4.69) is 15.0 Å². The number of thiazole rings is 1. The summed E-state index contributed by atoms with van der Waals surface area (Å²) in [4.78, 5) is 16.8. The summed E-state index contributed by atoms with van der Waals surface area (Å²) in [5.74, 6) is -0.670. The van der Waals surface area contributed by atoms with Crippen LogP contribution in [0.25, 0.3) is 0 Å². The molecule has 146 valence electrons. The monoisotopic (exact) mass is 435 g/mol. The van der Waals surface area contributed by atoms with Gasteiger partial charge in [0.1, 0.15) is 16.4 Å². The molecule has 0 atom stereocenters. The Morgan fingerprint density at radius 3 is 2.71 bits per heavy atom. The molecule has 10 heteroatoms. The summed E-state index contributed by atoms with van der Waals surface area (Å²) in [7, 11) is -3.71. The van der Waals surface area contributed by atoms with E-state index < -0.39 is 16.0 Å². The molecule has 0 aliphatic heterocycles. The van der Waals surface area contributed by atoms with Crippen LogP contribution in [0.4, 0.5) is 10.8 Å². The van der Waals surface area contributed by atoms with Gasteiger partial charge in [-0.1, -0.05) is 18.2 Å². The van der Waals surface area contributed by atoms with Gasteiger partial charge in [0.05, 0.1) is 5.69 Å². The van der Waals surface area contributed by atoms with Crippen LogP contribution in [0.15, 0.2) is 52.1 Å². The average molecular weight is 436 g/mol. The molecule has 0 bridgehead atoms. The van der Waals surface area contributed by atoms with E-state index in [0.717, 1.165) is 29.9 Å². The van der Waals surface area contributed by atoms with Gasteiger partial charge in [-0.2, -0.15) is 0 Å². The summed E-state index contributed by atoms with van der Waals surface area (Å²) in [5.41, 5.74) is 1.51. The Morgan fingerprint density at radius 2 is 1.96 bits per heavy atom. The van der Waals surface area contributed by atoms with Gasteiger partial charge in [0.25, 0.3) is 0 Å². The fourth-order valence-corrected chi connectivity index (χ4v) is 5.75. The molecule has 0 saturated heterocycles. The van der Waals surface area contributed by atoms with Crippen molar-refractivity contribution in [3.8, 4) is 0 Å². The van der Waals surface area contributed by atoms with Crippen LogP contribution in [-0.4, -0.2) is 25.4 Å². The summed E-state index contributed by atoms with van der Waals surface area (Å²) in [6, 6.07) is 11.0. The van der Waals surface area contributed by atoms with E-state index in [1.807, 2.05) is 30.3 Å². The minimum Gasteiger partial charge on any atom is -0.455 e. The molecule has 1 aliphatic rings. The number of rotatable bonds is 8. The zero-order valence-corrected chi connectivity index (χ0v) is 17.1. The fourth-order valence-electron chi connectivity index (χ4n) is 2.42. The third kappa shape index (κ3) is 4.58. The first-order valence-corrected chi connectivity index (χ1v) is 11.8. The molecule has 0 spiro atoms. The normalized spacial score (nSPS) is 14.0. The van der Waals surface area contributed by atoms with Crippen LogP contribution in [-0.2, 0) is 21.4 Å². The Kier molecular flexibility index (Phi) is 5.44. The second-order valence-electron chi connectivity index (χ2n) is 6.22. The third-order valence-corrected chi connectivity index (χ3v) is 7.32.